The fourth-order valence-corrected chi connectivity index (χ4v) is 1.83. The monoisotopic (exact) mass is 296 g/mol. The maximum Gasteiger partial charge on any atom is 0.311 e. The molecular formula is C12H10ClFN4O2. The van der Waals surface area contributed by atoms with Gasteiger partial charge in [-0.2, -0.15) is 4.39 Å². The molecule has 0 aliphatic rings. The van der Waals surface area contributed by atoms with Crippen LogP contribution in [0.1, 0.15) is 18.5 Å². The van der Waals surface area contributed by atoms with E-state index in [2.05, 4.69) is 15.3 Å². The molecule has 20 heavy (non-hydrogen) atoms. The molecule has 2 aromatic heterocycles. The summed E-state index contributed by atoms with van der Waals surface area (Å²) in [5.74, 6) is -0.657. The van der Waals surface area contributed by atoms with Gasteiger partial charge >= 0.3 is 5.69 Å². The number of hydrogen-bond acceptors (Lipinski definition) is 5. The molecule has 0 saturated heterocycles. The first-order chi connectivity index (χ1) is 9.49. The lowest BCUT2D eigenvalue weighted by Crippen LogP contribution is -2.12. The lowest BCUT2D eigenvalue weighted by Gasteiger charge is -2.15. The van der Waals surface area contributed by atoms with Gasteiger partial charge < -0.3 is 5.32 Å². The van der Waals surface area contributed by atoms with Crippen LogP contribution in [0, 0.1) is 16.1 Å². The molecule has 0 unspecified atom stereocenters. The van der Waals surface area contributed by atoms with Crippen molar-refractivity contribution in [3.63, 3.8) is 0 Å². The normalized spacial score (nSPS) is 11.9. The van der Waals surface area contributed by atoms with Gasteiger partial charge in [-0.15, -0.1) is 0 Å². The van der Waals surface area contributed by atoms with Gasteiger partial charge in [-0.25, -0.2) is 9.97 Å². The molecule has 0 radical (unpaired) electrons. The molecule has 0 aliphatic heterocycles. The molecule has 2 rings (SSSR count). The number of halogens is 2. The number of anilines is 1. The maximum absolute atomic E-state index is 13.5. The largest absolute Gasteiger partial charge is 0.358 e. The second-order valence-corrected chi connectivity index (χ2v) is 4.40. The van der Waals surface area contributed by atoms with Gasteiger partial charge in [-0.05, 0) is 19.1 Å². The average molecular weight is 297 g/mol. The summed E-state index contributed by atoms with van der Waals surface area (Å²) < 4.78 is 13.5. The zero-order valence-electron chi connectivity index (χ0n) is 10.4. The Labute approximate surface area is 118 Å². The molecule has 0 spiro atoms. The summed E-state index contributed by atoms with van der Waals surface area (Å²) in [6, 6.07) is 5.13. The second-order valence-electron chi connectivity index (χ2n) is 4.01. The Hall–Kier alpha value is -2.28. The van der Waals surface area contributed by atoms with Gasteiger partial charge in [0.15, 0.2) is 0 Å². The Morgan fingerprint density at radius 3 is 2.85 bits per heavy atom. The second kappa shape index (κ2) is 5.79. The minimum absolute atomic E-state index is 0.0155. The molecule has 104 valence electrons. The van der Waals surface area contributed by atoms with E-state index in [4.69, 9.17) is 11.6 Å². The highest BCUT2D eigenvalue weighted by atomic mass is 35.5. The zero-order valence-corrected chi connectivity index (χ0v) is 11.1. The van der Waals surface area contributed by atoms with Gasteiger partial charge in [0.2, 0.25) is 11.8 Å². The third kappa shape index (κ3) is 3.00. The SMILES string of the molecule is C[C@H](Nc1nc(Cl)ccc1[N+](=O)[O-])c1cccnc1F. The molecule has 8 heteroatoms. The van der Waals surface area contributed by atoms with Gasteiger partial charge in [0.05, 0.1) is 11.0 Å². The van der Waals surface area contributed by atoms with Crippen LogP contribution >= 0.6 is 11.6 Å². The minimum atomic E-state index is -0.641. The Balaban J connectivity index is 2.32. The minimum Gasteiger partial charge on any atom is -0.358 e. The van der Waals surface area contributed by atoms with E-state index < -0.39 is 16.9 Å². The number of rotatable bonds is 4. The molecule has 1 N–H and O–H groups in total. The molecule has 0 amide bonds. The standard InChI is InChI=1S/C12H10ClFN4O2/c1-7(8-3-2-6-15-11(8)14)16-12-9(18(19)20)4-5-10(13)17-12/h2-7H,1H3,(H,16,17)/t7-/m0/s1. The van der Waals surface area contributed by atoms with Crippen molar-refractivity contribution in [2.45, 2.75) is 13.0 Å². The third-order valence-electron chi connectivity index (χ3n) is 2.64. The molecule has 6 nitrogen and oxygen atoms in total. The van der Waals surface area contributed by atoms with Crippen molar-refractivity contribution >= 4 is 23.1 Å². The number of pyridine rings is 2. The Morgan fingerprint density at radius 1 is 1.45 bits per heavy atom. The summed E-state index contributed by atoms with van der Waals surface area (Å²) in [4.78, 5) is 17.7. The summed E-state index contributed by atoms with van der Waals surface area (Å²) in [5.41, 5.74) is 0.0501. The fraction of sp³-hybridized carbons (Fsp3) is 0.167. The van der Waals surface area contributed by atoms with E-state index in [1.165, 1.54) is 24.4 Å². The fourth-order valence-electron chi connectivity index (χ4n) is 1.69. The van der Waals surface area contributed by atoms with Crippen molar-refractivity contribution in [1.82, 2.24) is 9.97 Å². The molecular weight excluding hydrogens is 287 g/mol. The van der Waals surface area contributed by atoms with Crippen LogP contribution in [0.15, 0.2) is 30.5 Å². The lowest BCUT2D eigenvalue weighted by atomic mass is 10.1. The van der Waals surface area contributed by atoms with Gasteiger partial charge in [0, 0.05) is 17.8 Å². The Kier molecular flexibility index (Phi) is 4.09. The first-order valence-electron chi connectivity index (χ1n) is 5.67. The highest BCUT2D eigenvalue weighted by Gasteiger charge is 2.19. The van der Waals surface area contributed by atoms with Gasteiger partial charge in [0.1, 0.15) is 5.15 Å². The van der Waals surface area contributed by atoms with E-state index in [-0.39, 0.29) is 22.2 Å². The van der Waals surface area contributed by atoms with Crippen LogP contribution < -0.4 is 5.32 Å². The predicted molar refractivity (Wildman–Crippen MR) is 72.1 cm³/mol. The maximum atomic E-state index is 13.5. The summed E-state index contributed by atoms with van der Waals surface area (Å²) >= 11 is 5.72. The van der Waals surface area contributed by atoms with Crippen molar-refractivity contribution in [2.75, 3.05) is 5.32 Å². The van der Waals surface area contributed by atoms with Gasteiger partial charge in [0.25, 0.3) is 0 Å². The number of hydrogen-bond donors (Lipinski definition) is 1. The number of nitro groups is 1. The number of aromatic nitrogens is 2. The Morgan fingerprint density at radius 2 is 2.20 bits per heavy atom. The van der Waals surface area contributed by atoms with Crippen LogP contribution in [0.4, 0.5) is 15.9 Å². The molecule has 0 aliphatic carbocycles. The van der Waals surface area contributed by atoms with Crippen LogP contribution in [-0.4, -0.2) is 14.9 Å². The van der Waals surface area contributed by atoms with E-state index in [0.29, 0.717) is 0 Å². The van der Waals surface area contributed by atoms with Crippen molar-refractivity contribution in [3.8, 4) is 0 Å². The predicted octanol–water partition coefficient (Wildman–Crippen LogP) is 3.35. The third-order valence-corrected chi connectivity index (χ3v) is 2.85. The molecule has 1 atom stereocenters. The van der Waals surface area contributed by atoms with Crippen LogP contribution in [0.3, 0.4) is 0 Å². The van der Waals surface area contributed by atoms with Crippen molar-refractivity contribution in [2.24, 2.45) is 0 Å². The van der Waals surface area contributed by atoms with Gasteiger partial charge in [-0.3, -0.25) is 10.1 Å². The summed E-state index contributed by atoms with van der Waals surface area (Å²) in [7, 11) is 0. The highest BCUT2D eigenvalue weighted by molar-refractivity contribution is 6.29. The zero-order chi connectivity index (χ0) is 14.7. The molecule has 0 bridgehead atoms. The summed E-state index contributed by atoms with van der Waals surface area (Å²) in [6.07, 6.45) is 1.33. The molecule has 2 heterocycles. The van der Waals surface area contributed by atoms with Crippen LogP contribution in [0.2, 0.25) is 5.15 Å². The van der Waals surface area contributed by atoms with Crippen LogP contribution in [0.5, 0.6) is 0 Å². The van der Waals surface area contributed by atoms with Crippen molar-refractivity contribution < 1.29 is 9.31 Å². The lowest BCUT2D eigenvalue weighted by molar-refractivity contribution is -0.384. The van der Waals surface area contributed by atoms with E-state index in [1.807, 2.05) is 0 Å². The summed E-state index contributed by atoms with van der Waals surface area (Å²) in [5, 5.41) is 13.8. The topological polar surface area (TPSA) is 81.0 Å². The van der Waals surface area contributed by atoms with E-state index >= 15 is 0 Å². The molecule has 0 saturated carbocycles. The van der Waals surface area contributed by atoms with Crippen LogP contribution in [0.25, 0.3) is 0 Å². The average Bonchev–Trinajstić information content (AvgIpc) is 2.38. The molecule has 0 aromatic carbocycles. The van der Waals surface area contributed by atoms with Crippen LogP contribution in [-0.2, 0) is 0 Å². The first kappa shape index (κ1) is 14.1. The quantitative estimate of drug-likeness (QED) is 0.531. The van der Waals surface area contributed by atoms with Crippen molar-refractivity contribution in [1.29, 1.82) is 0 Å². The Bertz CT molecular complexity index is 653. The number of nitrogens with one attached hydrogen (secondary N) is 1. The number of nitrogens with zero attached hydrogens (tertiary/aromatic N) is 3. The van der Waals surface area contributed by atoms with E-state index in [9.17, 15) is 14.5 Å². The van der Waals surface area contributed by atoms with Crippen molar-refractivity contribution in [3.05, 3.63) is 57.2 Å². The molecule has 2 aromatic rings. The molecule has 0 fully saturated rings. The van der Waals surface area contributed by atoms with E-state index in [0.717, 1.165) is 0 Å². The highest BCUT2D eigenvalue weighted by Crippen LogP contribution is 2.28. The van der Waals surface area contributed by atoms with Gasteiger partial charge in [-0.1, -0.05) is 17.7 Å². The van der Waals surface area contributed by atoms with E-state index in [1.54, 1.807) is 13.0 Å². The summed E-state index contributed by atoms with van der Waals surface area (Å²) in [6.45, 7) is 1.65. The smallest absolute Gasteiger partial charge is 0.311 e. The first-order valence-corrected chi connectivity index (χ1v) is 6.04.